The summed E-state index contributed by atoms with van der Waals surface area (Å²) in [4.78, 5) is 23.3. The number of hydrogen-bond acceptors (Lipinski definition) is 5. The van der Waals surface area contributed by atoms with Crippen molar-refractivity contribution in [3.8, 4) is 5.75 Å². The molecule has 0 bridgehead atoms. The molecular formula is C18H15ClN2O4. The minimum atomic E-state index is -0.786. The van der Waals surface area contributed by atoms with Crippen molar-refractivity contribution < 1.29 is 19.1 Å². The summed E-state index contributed by atoms with van der Waals surface area (Å²) in [6, 6.07) is 13.9. The van der Waals surface area contributed by atoms with Crippen molar-refractivity contribution in [1.29, 1.82) is 0 Å². The molecule has 1 atom stereocenters. The quantitative estimate of drug-likeness (QED) is 0.622. The first-order chi connectivity index (χ1) is 12.0. The summed E-state index contributed by atoms with van der Waals surface area (Å²) in [5.74, 6) is -0.281. The lowest BCUT2D eigenvalue weighted by atomic mass is 10.2. The van der Waals surface area contributed by atoms with E-state index in [1.54, 1.807) is 48.5 Å². The third-order valence-corrected chi connectivity index (χ3v) is 3.85. The fourth-order valence-corrected chi connectivity index (χ4v) is 2.67. The standard InChI is InChI=1S/C18H15ClN2O4/c1-11(22)21-18(13-7-3-5-9-15(13)19)25-17(20-21)14-8-4-6-10-16(14)24-12(2)23/h3-10,18H,1-2H3. The minimum Gasteiger partial charge on any atom is -0.446 e. The van der Waals surface area contributed by atoms with Crippen molar-refractivity contribution in [2.45, 2.75) is 20.1 Å². The summed E-state index contributed by atoms with van der Waals surface area (Å²) in [6.07, 6.45) is -0.786. The largest absolute Gasteiger partial charge is 0.446 e. The van der Waals surface area contributed by atoms with Gasteiger partial charge in [-0.3, -0.25) is 9.59 Å². The van der Waals surface area contributed by atoms with E-state index in [4.69, 9.17) is 21.1 Å². The van der Waals surface area contributed by atoms with Gasteiger partial charge in [-0.05, 0) is 18.2 Å². The molecule has 0 spiro atoms. The first-order valence-electron chi connectivity index (χ1n) is 7.54. The van der Waals surface area contributed by atoms with Crippen LogP contribution in [0.4, 0.5) is 0 Å². The molecule has 7 heteroatoms. The summed E-state index contributed by atoms with van der Waals surface area (Å²) in [6.45, 7) is 2.69. The van der Waals surface area contributed by atoms with Crippen molar-refractivity contribution in [3.63, 3.8) is 0 Å². The summed E-state index contributed by atoms with van der Waals surface area (Å²) >= 11 is 6.23. The van der Waals surface area contributed by atoms with Gasteiger partial charge in [0.25, 0.3) is 0 Å². The number of hydrazone groups is 1. The maximum Gasteiger partial charge on any atom is 0.308 e. The molecule has 2 aromatic carbocycles. The zero-order chi connectivity index (χ0) is 18.0. The molecule has 0 aromatic heterocycles. The summed E-state index contributed by atoms with van der Waals surface area (Å²) < 4.78 is 11.1. The molecular weight excluding hydrogens is 344 g/mol. The number of nitrogens with zero attached hydrogens (tertiary/aromatic N) is 2. The zero-order valence-electron chi connectivity index (χ0n) is 13.6. The molecule has 1 aliphatic rings. The second-order valence-corrected chi connectivity index (χ2v) is 5.76. The Morgan fingerprint density at radius 2 is 1.80 bits per heavy atom. The number of carbonyl (C=O) groups is 2. The molecule has 1 amide bonds. The lowest BCUT2D eigenvalue weighted by Gasteiger charge is -2.20. The molecule has 0 saturated heterocycles. The Labute approximate surface area is 149 Å². The molecule has 1 heterocycles. The predicted molar refractivity (Wildman–Crippen MR) is 92.1 cm³/mol. The number of carbonyl (C=O) groups excluding carboxylic acids is 2. The lowest BCUT2D eigenvalue weighted by Crippen LogP contribution is -2.25. The SMILES string of the molecule is CC(=O)Oc1ccccc1C1=NN(C(C)=O)C(c2ccccc2Cl)O1. The van der Waals surface area contributed by atoms with Gasteiger partial charge < -0.3 is 9.47 Å². The second-order valence-electron chi connectivity index (χ2n) is 5.35. The van der Waals surface area contributed by atoms with Gasteiger partial charge in [-0.15, -0.1) is 5.10 Å². The number of halogens is 1. The first kappa shape index (κ1) is 17.0. The normalized spacial score (nSPS) is 16.2. The Morgan fingerprint density at radius 3 is 2.48 bits per heavy atom. The van der Waals surface area contributed by atoms with E-state index < -0.39 is 12.2 Å². The lowest BCUT2D eigenvalue weighted by molar-refractivity contribution is -0.135. The molecule has 3 rings (SSSR count). The van der Waals surface area contributed by atoms with E-state index in [9.17, 15) is 9.59 Å². The third-order valence-electron chi connectivity index (χ3n) is 3.51. The Balaban J connectivity index is 2.00. The van der Waals surface area contributed by atoms with Gasteiger partial charge in [0.15, 0.2) is 0 Å². The van der Waals surface area contributed by atoms with Crippen LogP contribution in [0.1, 0.15) is 31.2 Å². The van der Waals surface area contributed by atoms with Gasteiger partial charge in [0.05, 0.1) is 5.56 Å². The van der Waals surface area contributed by atoms with Gasteiger partial charge in [-0.2, -0.15) is 5.01 Å². The van der Waals surface area contributed by atoms with Gasteiger partial charge >= 0.3 is 5.97 Å². The van der Waals surface area contributed by atoms with Crippen LogP contribution >= 0.6 is 11.6 Å². The van der Waals surface area contributed by atoms with Crippen LogP contribution in [-0.4, -0.2) is 22.8 Å². The molecule has 6 nitrogen and oxygen atoms in total. The van der Waals surface area contributed by atoms with Crippen LogP contribution in [0.15, 0.2) is 53.6 Å². The molecule has 0 aliphatic carbocycles. The number of esters is 1. The Hall–Kier alpha value is -2.86. The monoisotopic (exact) mass is 358 g/mol. The summed E-state index contributed by atoms with van der Waals surface area (Å²) in [5.41, 5.74) is 1.08. The topological polar surface area (TPSA) is 68.2 Å². The van der Waals surface area contributed by atoms with Crippen LogP contribution in [-0.2, 0) is 14.3 Å². The number of para-hydroxylation sites is 1. The minimum absolute atomic E-state index is 0.178. The molecule has 128 valence electrons. The number of rotatable bonds is 3. The maximum absolute atomic E-state index is 12.0. The Kier molecular flexibility index (Phi) is 4.72. The first-order valence-corrected chi connectivity index (χ1v) is 7.92. The van der Waals surface area contributed by atoms with E-state index in [-0.39, 0.29) is 11.8 Å². The molecule has 1 aliphatic heterocycles. The fraction of sp³-hybridized carbons (Fsp3) is 0.167. The van der Waals surface area contributed by atoms with Gasteiger partial charge in [0.1, 0.15) is 5.75 Å². The highest BCUT2D eigenvalue weighted by Crippen LogP contribution is 2.35. The Morgan fingerprint density at radius 1 is 1.12 bits per heavy atom. The van der Waals surface area contributed by atoms with E-state index in [1.807, 2.05) is 0 Å². The maximum atomic E-state index is 12.0. The molecule has 0 saturated carbocycles. The second kappa shape index (κ2) is 6.94. The van der Waals surface area contributed by atoms with Crippen molar-refractivity contribution in [1.82, 2.24) is 5.01 Å². The predicted octanol–water partition coefficient (Wildman–Crippen LogP) is 3.50. The third kappa shape index (κ3) is 3.49. The van der Waals surface area contributed by atoms with Crippen molar-refractivity contribution >= 4 is 29.4 Å². The zero-order valence-corrected chi connectivity index (χ0v) is 14.4. The summed E-state index contributed by atoms with van der Waals surface area (Å²) in [7, 11) is 0. The average molecular weight is 359 g/mol. The van der Waals surface area contributed by atoms with Crippen molar-refractivity contribution in [2.24, 2.45) is 5.10 Å². The van der Waals surface area contributed by atoms with Gasteiger partial charge in [-0.1, -0.05) is 41.9 Å². The highest BCUT2D eigenvalue weighted by atomic mass is 35.5. The highest BCUT2D eigenvalue weighted by Gasteiger charge is 2.35. The van der Waals surface area contributed by atoms with Crippen LogP contribution in [0.25, 0.3) is 0 Å². The molecule has 0 fully saturated rings. The van der Waals surface area contributed by atoms with Crippen molar-refractivity contribution in [2.75, 3.05) is 0 Å². The molecule has 1 unspecified atom stereocenters. The Bertz CT molecular complexity index is 866. The number of ether oxygens (including phenoxy) is 2. The van der Waals surface area contributed by atoms with Crippen LogP contribution in [0.2, 0.25) is 5.02 Å². The number of amides is 1. The smallest absolute Gasteiger partial charge is 0.308 e. The van der Waals surface area contributed by atoms with Crippen molar-refractivity contribution in [3.05, 3.63) is 64.7 Å². The van der Waals surface area contributed by atoms with Gasteiger partial charge in [0, 0.05) is 24.4 Å². The van der Waals surface area contributed by atoms with Crippen LogP contribution in [0.3, 0.4) is 0 Å². The van der Waals surface area contributed by atoms with E-state index in [0.717, 1.165) is 0 Å². The van der Waals surface area contributed by atoms with Gasteiger partial charge in [-0.25, -0.2) is 0 Å². The fourth-order valence-electron chi connectivity index (χ4n) is 2.44. The van der Waals surface area contributed by atoms with Crippen LogP contribution in [0, 0.1) is 0 Å². The molecule has 25 heavy (non-hydrogen) atoms. The van der Waals surface area contributed by atoms with Gasteiger partial charge in [0.2, 0.25) is 18.0 Å². The van der Waals surface area contributed by atoms with Crippen LogP contribution in [0.5, 0.6) is 5.75 Å². The highest BCUT2D eigenvalue weighted by molar-refractivity contribution is 6.31. The van der Waals surface area contributed by atoms with E-state index in [0.29, 0.717) is 21.9 Å². The van der Waals surface area contributed by atoms with Crippen LogP contribution < -0.4 is 4.74 Å². The van der Waals surface area contributed by atoms with E-state index in [2.05, 4.69) is 5.10 Å². The number of hydrogen-bond donors (Lipinski definition) is 0. The molecule has 2 aromatic rings. The molecule has 0 N–H and O–H groups in total. The van der Waals surface area contributed by atoms with E-state index in [1.165, 1.54) is 18.9 Å². The number of benzene rings is 2. The van der Waals surface area contributed by atoms with E-state index >= 15 is 0 Å². The molecule has 0 radical (unpaired) electrons. The average Bonchev–Trinajstić information content (AvgIpc) is 3.00. The summed E-state index contributed by atoms with van der Waals surface area (Å²) in [5, 5.41) is 5.92.